The van der Waals surface area contributed by atoms with Gasteiger partial charge in [-0.05, 0) is 41.5 Å². The van der Waals surface area contributed by atoms with Crippen LogP contribution in [0.2, 0.25) is 0 Å². The number of carbonyl (C=O) groups is 1. The molecule has 1 fully saturated rings. The summed E-state index contributed by atoms with van der Waals surface area (Å²) in [4.78, 5) is 19.5. The summed E-state index contributed by atoms with van der Waals surface area (Å²) in [5, 5.41) is 9.37. The van der Waals surface area contributed by atoms with Crippen LogP contribution < -0.4 is 0 Å². The van der Waals surface area contributed by atoms with Crippen molar-refractivity contribution in [1.82, 2.24) is 9.97 Å². The zero-order valence-electron chi connectivity index (χ0n) is 16.0. The topological polar surface area (TPSA) is 66.0 Å². The lowest BCUT2D eigenvalue weighted by atomic mass is 9.98. The molecule has 2 aromatic carbocycles. The van der Waals surface area contributed by atoms with Gasteiger partial charge in [0.25, 0.3) is 0 Å². The first-order valence-electron chi connectivity index (χ1n) is 10.1. The molecule has 0 unspecified atom stereocenters. The summed E-state index contributed by atoms with van der Waals surface area (Å²) in [6.45, 7) is 0. The summed E-state index contributed by atoms with van der Waals surface area (Å²) in [5.41, 5.74) is 4.51. The molecular weight excluding hydrogens is 348 g/mol. The van der Waals surface area contributed by atoms with E-state index in [2.05, 4.69) is 22.1 Å². The van der Waals surface area contributed by atoms with Gasteiger partial charge in [0.1, 0.15) is 5.82 Å². The summed E-state index contributed by atoms with van der Waals surface area (Å²) < 4.78 is 0. The van der Waals surface area contributed by atoms with E-state index in [1.54, 1.807) is 12.1 Å². The molecule has 0 radical (unpaired) electrons. The summed E-state index contributed by atoms with van der Waals surface area (Å²) in [6, 6.07) is 15.3. The Morgan fingerprint density at radius 2 is 1.79 bits per heavy atom. The molecule has 1 aliphatic rings. The van der Waals surface area contributed by atoms with Gasteiger partial charge in [-0.25, -0.2) is 9.78 Å². The molecule has 1 heterocycles. The number of hydrogen-bond acceptors (Lipinski definition) is 2. The van der Waals surface area contributed by atoms with Crippen molar-refractivity contribution in [3.05, 3.63) is 77.4 Å². The number of hydrogen-bond donors (Lipinski definition) is 2. The minimum Gasteiger partial charge on any atom is -0.478 e. The van der Waals surface area contributed by atoms with E-state index in [1.807, 2.05) is 30.5 Å². The number of H-pyrrole nitrogens is 1. The molecule has 0 spiro atoms. The number of aryl methyl sites for hydroxylation is 2. The van der Waals surface area contributed by atoms with Gasteiger partial charge in [-0.1, -0.05) is 68.1 Å². The third kappa shape index (κ3) is 4.33. The number of aromatic amines is 1. The molecule has 1 aliphatic carbocycles. The first kappa shape index (κ1) is 18.5. The van der Waals surface area contributed by atoms with Gasteiger partial charge in [-0.2, -0.15) is 0 Å². The zero-order chi connectivity index (χ0) is 19.3. The Kier molecular flexibility index (Phi) is 5.56. The predicted octanol–water partition coefficient (Wildman–Crippen LogP) is 5.29. The van der Waals surface area contributed by atoms with Crippen LogP contribution >= 0.6 is 0 Å². The lowest BCUT2D eigenvalue weighted by Crippen LogP contribution is -2.00. The number of benzene rings is 2. The predicted molar refractivity (Wildman–Crippen MR) is 110 cm³/mol. The number of rotatable bonds is 7. The molecule has 2 N–H and O–H groups in total. The first-order chi connectivity index (χ1) is 13.7. The number of nitrogens with zero attached hydrogens (tertiary/aromatic N) is 1. The smallest absolute Gasteiger partial charge is 0.336 e. The molecule has 1 saturated carbocycles. The summed E-state index contributed by atoms with van der Waals surface area (Å²) in [7, 11) is 0. The fourth-order valence-electron chi connectivity index (χ4n) is 4.20. The van der Waals surface area contributed by atoms with E-state index >= 15 is 0 Å². The monoisotopic (exact) mass is 374 g/mol. The molecule has 0 bridgehead atoms. The van der Waals surface area contributed by atoms with Crippen molar-refractivity contribution in [2.75, 3.05) is 0 Å². The second kappa shape index (κ2) is 8.42. The van der Waals surface area contributed by atoms with Crippen LogP contribution in [0, 0.1) is 5.92 Å². The van der Waals surface area contributed by atoms with E-state index in [9.17, 15) is 9.90 Å². The maximum atomic E-state index is 11.4. The van der Waals surface area contributed by atoms with Gasteiger partial charge < -0.3 is 10.1 Å². The summed E-state index contributed by atoms with van der Waals surface area (Å²) in [5.74, 6) is 0.980. The van der Waals surface area contributed by atoms with Crippen molar-refractivity contribution >= 4 is 5.97 Å². The molecule has 4 heteroatoms. The number of carboxylic acid groups (broad SMARTS) is 1. The highest BCUT2D eigenvalue weighted by atomic mass is 16.4. The lowest BCUT2D eigenvalue weighted by molar-refractivity contribution is 0.0697. The van der Waals surface area contributed by atoms with Crippen LogP contribution in [0.25, 0.3) is 11.1 Å². The second-order valence-corrected chi connectivity index (χ2v) is 7.76. The number of nitrogens with one attached hydrogen (secondary N) is 1. The first-order valence-corrected chi connectivity index (χ1v) is 10.1. The SMILES string of the molecule is O=C(O)c1ccccc1-c1ccc(CCc2ncc(CC3CCCC3)[nH]2)cc1. The third-order valence-electron chi connectivity index (χ3n) is 5.74. The van der Waals surface area contributed by atoms with Crippen molar-refractivity contribution in [1.29, 1.82) is 0 Å². The van der Waals surface area contributed by atoms with Crippen molar-refractivity contribution in [3.63, 3.8) is 0 Å². The fourth-order valence-corrected chi connectivity index (χ4v) is 4.20. The van der Waals surface area contributed by atoms with Crippen LogP contribution in [0.4, 0.5) is 0 Å². The van der Waals surface area contributed by atoms with E-state index in [4.69, 9.17) is 0 Å². The Labute approximate surface area is 165 Å². The van der Waals surface area contributed by atoms with Gasteiger partial charge in [0.15, 0.2) is 0 Å². The second-order valence-electron chi connectivity index (χ2n) is 7.76. The van der Waals surface area contributed by atoms with Gasteiger partial charge in [-0.15, -0.1) is 0 Å². The molecule has 0 atom stereocenters. The summed E-state index contributed by atoms with van der Waals surface area (Å²) >= 11 is 0. The van der Waals surface area contributed by atoms with E-state index < -0.39 is 5.97 Å². The Bertz CT molecular complexity index is 937. The number of carboxylic acids is 1. The van der Waals surface area contributed by atoms with Crippen LogP contribution in [-0.4, -0.2) is 21.0 Å². The molecule has 28 heavy (non-hydrogen) atoms. The maximum absolute atomic E-state index is 11.4. The molecule has 3 aromatic rings. The minimum atomic E-state index is -0.897. The van der Waals surface area contributed by atoms with E-state index in [0.29, 0.717) is 5.56 Å². The van der Waals surface area contributed by atoms with Crippen LogP contribution in [0.15, 0.2) is 54.7 Å². The Morgan fingerprint density at radius 1 is 1.04 bits per heavy atom. The van der Waals surface area contributed by atoms with Crippen LogP contribution in [0.1, 0.15) is 53.1 Å². The molecule has 4 rings (SSSR count). The highest BCUT2D eigenvalue weighted by Crippen LogP contribution is 2.27. The zero-order valence-corrected chi connectivity index (χ0v) is 16.0. The lowest BCUT2D eigenvalue weighted by Gasteiger charge is -2.07. The molecular formula is C24H26N2O2. The Balaban J connectivity index is 1.37. The largest absolute Gasteiger partial charge is 0.478 e. The fraction of sp³-hybridized carbons (Fsp3) is 0.333. The van der Waals surface area contributed by atoms with E-state index in [-0.39, 0.29) is 0 Å². The standard InChI is InChI=1S/C24H26N2O2/c27-24(28)22-8-4-3-7-21(22)19-12-9-17(10-13-19)11-14-23-25-16-20(26-23)15-18-5-1-2-6-18/h3-4,7-10,12-13,16,18H,1-2,5-6,11,14-15H2,(H,25,26)(H,27,28). The highest BCUT2D eigenvalue weighted by molar-refractivity contribution is 5.95. The third-order valence-corrected chi connectivity index (χ3v) is 5.74. The molecule has 1 aromatic heterocycles. The molecule has 144 valence electrons. The van der Waals surface area contributed by atoms with Crippen LogP contribution in [0.5, 0.6) is 0 Å². The van der Waals surface area contributed by atoms with Gasteiger partial charge >= 0.3 is 5.97 Å². The number of aromatic nitrogens is 2. The minimum absolute atomic E-state index is 0.334. The molecule has 0 amide bonds. The van der Waals surface area contributed by atoms with Crippen molar-refractivity contribution in [2.24, 2.45) is 5.92 Å². The quantitative estimate of drug-likeness (QED) is 0.590. The maximum Gasteiger partial charge on any atom is 0.336 e. The molecule has 0 saturated heterocycles. The number of aromatic carboxylic acids is 1. The summed E-state index contributed by atoms with van der Waals surface area (Å²) in [6.07, 6.45) is 10.4. The Hall–Kier alpha value is -2.88. The van der Waals surface area contributed by atoms with Crippen molar-refractivity contribution in [3.8, 4) is 11.1 Å². The van der Waals surface area contributed by atoms with Gasteiger partial charge in [0.2, 0.25) is 0 Å². The van der Waals surface area contributed by atoms with Gasteiger partial charge in [0.05, 0.1) is 5.56 Å². The van der Waals surface area contributed by atoms with Crippen molar-refractivity contribution < 1.29 is 9.90 Å². The van der Waals surface area contributed by atoms with E-state index in [0.717, 1.165) is 42.1 Å². The van der Waals surface area contributed by atoms with Gasteiger partial charge in [-0.3, -0.25) is 0 Å². The van der Waals surface area contributed by atoms with Crippen molar-refractivity contribution in [2.45, 2.75) is 44.9 Å². The average molecular weight is 374 g/mol. The molecule has 0 aliphatic heterocycles. The van der Waals surface area contributed by atoms with Gasteiger partial charge in [0, 0.05) is 18.3 Å². The Morgan fingerprint density at radius 3 is 2.54 bits per heavy atom. The normalized spacial score (nSPS) is 14.4. The average Bonchev–Trinajstić information content (AvgIpc) is 3.39. The molecule has 4 nitrogen and oxygen atoms in total. The highest BCUT2D eigenvalue weighted by Gasteiger charge is 2.16. The van der Waals surface area contributed by atoms with E-state index in [1.165, 1.54) is 36.9 Å². The number of imidazole rings is 1. The van der Waals surface area contributed by atoms with Crippen LogP contribution in [-0.2, 0) is 19.3 Å². The van der Waals surface area contributed by atoms with Crippen LogP contribution in [0.3, 0.4) is 0 Å².